The highest BCUT2D eigenvalue weighted by Crippen LogP contribution is 2.23. The molecule has 0 fully saturated rings. The molecule has 1 heterocycles. The van der Waals surface area contributed by atoms with Crippen molar-refractivity contribution in [3.63, 3.8) is 0 Å². The van der Waals surface area contributed by atoms with E-state index in [9.17, 15) is 0 Å². The fraction of sp³-hybridized carbons (Fsp3) is 0.227. The van der Waals surface area contributed by atoms with Crippen molar-refractivity contribution in [1.29, 1.82) is 0 Å². The van der Waals surface area contributed by atoms with Gasteiger partial charge in [0, 0.05) is 35.3 Å². The molecule has 0 bridgehead atoms. The first-order valence-electron chi connectivity index (χ1n) is 8.50. The molecule has 3 N–H and O–H groups in total. The van der Waals surface area contributed by atoms with E-state index in [1.807, 2.05) is 44.5 Å². The maximum absolute atomic E-state index is 5.98. The second-order valence-electron chi connectivity index (χ2n) is 6.36. The van der Waals surface area contributed by atoms with E-state index in [1.165, 1.54) is 5.56 Å². The average molecular weight is 366 g/mol. The summed E-state index contributed by atoms with van der Waals surface area (Å²) in [4.78, 5) is 7.96. The molecule has 2 aromatic rings. The maximum Gasteiger partial charge on any atom is 0.103 e. The summed E-state index contributed by atoms with van der Waals surface area (Å²) in [5.41, 5.74) is 14.3. The molecule has 4 heteroatoms. The Balaban J connectivity index is 2.28. The number of hydrogen-bond donors (Lipinski definition) is 2. The fourth-order valence-corrected chi connectivity index (χ4v) is 3.31. The molecule has 3 nitrogen and oxygen atoms in total. The summed E-state index contributed by atoms with van der Waals surface area (Å²) in [6.07, 6.45) is 8.59. The van der Waals surface area contributed by atoms with E-state index in [2.05, 4.69) is 37.2 Å². The summed E-state index contributed by atoms with van der Waals surface area (Å²) in [6.45, 7) is 14.3. The highest BCUT2D eigenvalue weighted by atomic mass is 32.2. The summed E-state index contributed by atoms with van der Waals surface area (Å²) in [5.74, 6) is 0. The van der Waals surface area contributed by atoms with E-state index in [4.69, 9.17) is 10.7 Å². The van der Waals surface area contributed by atoms with Crippen molar-refractivity contribution >= 4 is 28.6 Å². The molecule has 1 aromatic heterocycles. The van der Waals surface area contributed by atoms with Crippen LogP contribution < -0.4 is 5.73 Å². The molecule has 0 saturated heterocycles. The highest BCUT2D eigenvalue weighted by molar-refractivity contribution is 8.13. The van der Waals surface area contributed by atoms with Crippen LogP contribution >= 0.6 is 11.8 Å². The molecule has 0 amide bonds. The number of nitrogens with zero attached hydrogens (tertiary/aromatic N) is 1. The van der Waals surface area contributed by atoms with Gasteiger partial charge in [0.2, 0.25) is 0 Å². The van der Waals surface area contributed by atoms with Gasteiger partial charge in [-0.1, -0.05) is 25.3 Å². The van der Waals surface area contributed by atoms with Gasteiger partial charge in [-0.15, -0.1) is 11.8 Å². The van der Waals surface area contributed by atoms with Crippen molar-refractivity contribution < 1.29 is 0 Å². The van der Waals surface area contributed by atoms with Crippen LogP contribution in [0.15, 0.2) is 59.9 Å². The smallest absolute Gasteiger partial charge is 0.103 e. The number of aromatic amines is 1. The van der Waals surface area contributed by atoms with Gasteiger partial charge in [-0.2, -0.15) is 0 Å². The van der Waals surface area contributed by atoms with Crippen LogP contribution in [0.4, 0.5) is 5.69 Å². The second kappa shape index (κ2) is 8.77. The normalized spacial score (nSPS) is 12.3. The van der Waals surface area contributed by atoms with Crippen molar-refractivity contribution in [2.24, 2.45) is 4.99 Å². The van der Waals surface area contributed by atoms with Crippen LogP contribution in [-0.2, 0) is 6.42 Å². The lowest BCUT2D eigenvalue weighted by molar-refractivity contribution is 1.09. The molecule has 1 aromatic carbocycles. The summed E-state index contributed by atoms with van der Waals surface area (Å²) in [6, 6.07) is 6.19. The lowest BCUT2D eigenvalue weighted by atomic mass is 10.0. The van der Waals surface area contributed by atoms with E-state index in [-0.39, 0.29) is 0 Å². The van der Waals surface area contributed by atoms with Crippen molar-refractivity contribution in [3.8, 4) is 0 Å². The Hall–Kier alpha value is -2.46. The molecule has 26 heavy (non-hydrogen) atoms. The van der Waals surface area contributed by atoms with E-state index in [0.717, 1.165) is 44.4 Å². The molecule has 2 rings (SSSR count). The molecule has 0 unspecified atom stereocenters. The number of aryl methyl sites for hydroxylation is 3. The van der Waals surface area contributed by atoms with E-state index >= 15 is 0 Å². The first-order chi connectivity index (χ1) is 12.3. The van der Waals surface area contributed by atoms with Crippen molar-refractivity contribution in [2.45, 2.75) is 27.2 Å². The van der Waals surface area contributed by atoms with Crippen molar-refractivity contribution in [2.75, 3.05) is 12.0 Å². The zero-order valence-electron chi connectivity index (χ0n) is 16.0. The number of nitrogens with two attached hydrogens (primary N) is 1. The van der Waals surface area contributed by atoms with Crippen LogP contribution in [0.5, 0.6) is 0 Å². The molecule has 0 spiro atoms. The Morgan fingerprint density at radius 2 is 2.00 bits per heavy atom. The van der Waals surface area contributed by atoms with E-state index in [1.54, 1.807) is 11.8 Å². The Bertz CT molecular complexity index is 885. The van der Waals surface area contributed by atoms with Gasteiger partial charge in [0.1, 0.15) is 5.04 Å². The predicted molar refractivity (Wildman–Crippen MR) is 118 cm³/mol. The standard InChI is InChI=1S/C22H27N3S/c1-7-18(13-19-8-9-24-17(19)5)22(26-6)25-16(4)12-20-10-15(3)21(23)11-14(20)2/h7-11,13,24H,1,4,12,23H2,2-3,5-6H3/b18-13+,25-22?. The van der Waals surface area contributed by atoms with Crippen LogP contribution in [0.3, 0.4) is 0 Å². The number of H-pyrrole nitrogens is 1. The number of rotatable bonds is 6. The molecular weight excluding hydrogens is 338 g/mol. The number of allylic oxidation sites excluding steroid dienone is 2. The van der Waals surface area contributed by atoms with Gasteiger partial charge in [0.25, 0.3) is 0 Å². The topological polar surface area (TPSA) is 54.2 Å². The number of benzene rings is 1. The molecular formula is C22H27N3S. The summed E-state index contributed by atoms with van der Waals surface area (Å²) >= 11 is 1.60. The summed E-state index contributed by atoms with van der Waals surface area (Å²) in [5, 5.41) is 0.912. The van der Waals surface area contributed by atoms with Gasteiger partial charge >= 0.3 is 0 Å². The summed E-state index contributed by atoms with van der Waals surface area (Å²) < 4.78 is 0. The SMILES string of the molecule is C=C/C(=C\c1cc[nH]c1C)C(=NC(=C)Cc1cc(C)c(N)cc1C)SC. The third-order valence-electron chi connectivity index (χ3n) is 4.35. The minimum Gasteiger partial charge on any atom is -0.399 e. The Morgan fingerprint density at radius 1 is 1.27 bits per heavy atom. The van der Waals surface area contributed by atoms with Crippen LogP contribution in [0.1, 0.15) is 27.9 Å². The van der Waals surface area contributed by atoms with Gasteiger partial charge in [-0.3, -0.25) is 0 Å². The van der Waals surface area contributed by atoms with Crippen LogP contribution in [0.2, 0.25) is 0 Å². The summed E-state index contributed by atoms with van der Waals surface area (Å²) in [7, 11) is 0. The van der Waals surface area contributed by atoms with Crippen LogP contribution in [0, 0.1) is 20.8 Å². The molecule has 0 atom stereocenters. The molecule has 0 aliphatic heterocycles. The lowest BCUT2D eigenvalue weighted by Crippen LogP contribution is -2.00. The number of anilines is 1. The largest absolute Gasteiger partial charge is 0.399 e. The third-order valence-corrected chi connectivity index (χ3v) is 5.06. The second-order valence-corrected chi connectivity index (χ2v) is 7.16. The molecule has 0 aliphatic rings. The van der Waals surface area contributed by atoms with E-state index in [0.29, 0.717) is 6.42 Å². The number of aliphatic imine (C=N–C) groups is 1. The molecule has 136 valence electrons. The Morgan fingerprint density at radius 3 is 2.58 bits per heavy atom. The lowest BCUT2D eigenvalue weighted by Gasteiger charge is -2.11. The number of thioether (sulfide) groups is 1. The van der Waals surface area contributed by atoms with Gasteiger partial charge in [0.05, 0.1) is 0 Å². The van der Waals surface area contributed by atoms with Gasteiger partial charge in [-0.05, 0) is 67.5 Å². The number of aromatic nitrogens is 1. The van der Waals surface area contributed by atoms with E-state index < -0.39 is 0 Å². The van der Waals surface area contributed by atoms with Gasteiger partial charge in [0.15, 0.2) is 0 Å². The molecule has 0 radical (unpaired) electrons. The number of nitrogen functional groups attached to an aromatic ring is 1. The maximum atomic E-state index is 5.98. The van der Waals surface area contributed by atoms with Crippen LogP contribution in [0.25, 0.3) is 6.08 Å². The molecule has 0 aliphatic carbocycles. The zero-order chi connectivity index (χ0) is 19.3. The van der Waals surface area contributed by atoms with Crippen molar-refractivity contribution in [3.05, 3.63) is 82.8 Å². The number of hydrogen-bond acceptors (Lipinski definition) is 3. The highest BCUT2D eigenvalue weighted by Gasteiger charge is 2.08. The Labute approximate surface area is 160 Å². The average Bonchev–Trinajstić information content (AvgIpc) is 3.00. The minimum absolute atomic E-state index is 0.699. The first-order valence-corrected chi connectivity index (χ1v) is 9.72. The third kappa shape index (κ3) is 4.79. The zero-order valence-corrected chi connectivity index (χ0v) is 16.8. The van der Waals surface area contributed by atoms with Crippen molar-refractivity contribution in [1.82, 2.24) is 4.98 Å². The predicted octanol–water partition coefficient (Wildman–Crippen LogP) is 5.61. The quantitative estimate of drug-likeness (QED) is 0.302. The first kappa shape index (κ1) is 19.9. The van der Waals surface area contributed by atoms with Crippen LogP contribution in [-0.4, -0.2) is 16.3 Å². The Kier molecular flexibility index (Phi) is 6.70. The molecule has 0 saturated carbocycles. The monoisotopic (exact) mass is 365 g/mol. The van der Waals surface area contributed by atoms with Gasteiger partial charge < -0.3 is 10.7 Å². The number of nitrogens with one attached hydrogen (secondary N) is 1. The minimum atomic E-state index is 0.699. The van der Waals surface area contributed by atoms with Gasteiger partial charge in [-0.25, -0.2) is 4.99 Å². The fourth-order valence-electron chi connectivity index (χ4n) is 2.72.